The summed E-state index contributed by atoms with van der Waals surface area (Å²) in [5.41, 5.74) is -0.444. The summed E-state index contributed by atoms with van der Waals surface area (Å²) in [6.07, 6.45) is 4.89. The molecule has 3 unspecified atom stereocenters. The molecule has 1 N–H and O–H groups in total. The summed E-state index contributed by atoms with van der Waals surface area (Å²) in [4.78, 5) is 11.8. The molecule has 0 saturated heterocycles. The third-order valence-corrected chi connectivity index (χ3v) is 4.22. The van der Waals surface area contributed by atoms with Crippen LogP contribution in [0.3, 0.4) is 0 Å². The maximum Gasteiger partial charge on any atom is 0.407 e. The van der Waals surface area contributed by atoms with E-state index in [2.05, 4.69) is 11.4 Å². The van der Waals surface area contributed by atoms with Gasteiger partial charge in [-0.05, 0) is 64.7 Å². The Morgan fingerprint density at radius 3 is 2.53 bits per heavy atom. The lowest BCUT2D eigenvalue weighted by Gasteiger charge is -2.32. The van der Waals surface area contributed by atoms with Gasteiger partial charge in [-0.1, -0.05) is 0 Å². The van der Waals surface area contributed by atoms with Crippen LogP contribution >= 0.6 is 0 Å². The zero-order chi connectivity index (χ0) is 14.0. The summed E-state index contributed by atoms with van der Waals surface area (Å²) >= 11 is 0. The monoisotopic (exact) mass is 264 g/mol. The van der Waals surface area contributed by atoms with Crippen LogP contribution in [0, 0.1) is 29.1 Å². The maximum absolute atomic E-state index is 11.8. The quantitative estimate of drug-likeness (QED) is 0.791. The lowest BCUT2D eigenvalue weighted by molar-refractivity contribution is 0.0476. The van der Waals surface area contributed by atoms with E-state index in [0.717, 1.165) is 32.1 Å². The number of carbonyl (C=O) groups excluding carboxylic acids is 1. The Labute approximate surface area is 115 Å². The van der Waals surface area contributed by atoms with Crippen LogP contribution in [0.1, 0.15) is 52.9 Å². The number of nitriles is 1. The zero-order valence-corrected chi connectivity index (χ0v) is 12.1. The highest BCUT2D eigenvalue weighted by Gasteiger charge is 2.39. The van der Waals surface area contributed by atoms with Crippen molar-refractivity contribution in [1.82, 2.24) is 5.32 Å². The van der Waals surface area contributed by atoms with Gasteiger partial charge in [0.05, 0.1) is 6.07 Å². The standard InChI is InChI=1S/C15H24N2O2/c1-15(2,3)19-14(18)17-13-5-4-11-6-10(9-16)7-12(11)8-13/h10-13H,4-8H2,1-3H3,(H,17,18)/t10?,11-,12?,13?/m0/s1. The molecule has 2 saturated carbocycles. The van der Waals surface area contributed by atoms with E-state index in [1.807, 2.05) is 20.8 Å². The third-order valence-electron chi connectivity index (χ3n) is 4.22. The fourth-order valence-corrected chi connectivity index (χ4v) is 3.46. The van der Waals surface area contributed by atoms with Gasteiger partial charge in [0.2, 0.25) is 0 Å². The van der Waals surface area contributed by atoms with Crippen molar-refractivity contribution in [2.45, 2.75) is 64.5 Å². The molecule has 2 rings (SSSR count). The fraction of sp³-hybridized carbons (Fsp3) is 0.867. The number of hydrogen-bond acceptors (Lipinski definition) is 3. The lowest BCUT2D eigenvalue weighted by Crippen LogP contribution is -2.42. The molecule has 1 amide bonds. The van der Waals surface area contributed by atoms with Crippen LogP contribution in [0.25, 0.3) is 0 Å². The van der Waals surface area contributed by atoms with Crippen LogP contribution in [-0.4, -0.2) is 17.7 Å². The van der Waals surface area contributed by atoms with E-state index in [1.165, 1.54) is 0 Å². The van der Waals surface area contributed by atoms with Crippen molar-refractivity contribution in [2.24, 2.45) is 17.8 Å². The molecule has 0 aromatic rings. The van der Waals surface area contributed by atoms with Gasteiger partial charge >= 0.3 is 6.09 Å². The van der Waals surface area contributed by atoms with Gasteiger partial charge < -0.3 is 10.1 Å². The highest BCUT2D eigenvalue weighted by molar-refractivity contribution is 5.68. The molecule has 4 nitrogen and oxygen atoms in total. The minimum atomic E-state index is -0.444. The molecule has 2 aliphatic rings. The molecule has 2 fully saturated rings. The van der Waals surface area contributed by atoms with Crippen molar-refractivity contribution in [3.63, 3.8) is 0 Å². The van der Waals surface area contributed by atoms with Gasteiger partial charge in [0.1, 0.15) is 5.60 Å². The van der Waals surface area contributed by atoms with Crippen LogP contribution < -0.4 is 5.32 Å². The summed E-state index contributed by atoms with van der Waals surface area (Å²) < 4.78 is 5.29. The second-order valence-corrected chi connectivity index (χ2v) is 6.97. The lowest BCUT2D eigenvalue weighted by atomic mass is 9.79. The average Bonchev–Trinajstić information content (AvgIpc) is 2.68. The van der Waals surface area contributed by atoms with Gasteiger partial charge in [0.15, 0.2) is 0 Å². The fourth-order valence-electron chi connectivity index (χ4n) is 3.46. The molecule has 0 radical (unpaired) electrons. The van der Waals surface area contributed by atoms with Gasteiger partial charge in [-0.15, -0.1) is 0 Å². The number of alkyl carbamates (subject to hydrolysis) is 1. The number of nitrogens with one attached hydrogen (secondary N) is 1. The molecular weight excluding hydrogens is 240 g/mol. The summed E-state index contributed by atoms with van der Waals surface area (Å²) in [5, 5.41) is 12.0. The SMILES string of the molecule is CC(C)(C)OC(=O)NC1CC[C@H]2CC(C#N)CC2C1. The largest absolute Gasteiger partial charge is 0.444 e. The van der Waals surface area contributed by atoms with E-state index in [1.54, 1.807) is 0 Å². The highest BCUT2D eigenvalue weighted by Crippen LogP contribution is 2.44. The predicted molar refractivity (Wildman–Crippen MR) is 72.3 cm³/mol. The van der Waals surface area contributed by atoms with Gasteiger partial charge in [0, 0.05) is 12.0 Å². The molecule has 0 spiro atoms. The van der Waals surface area contributed by atoms with Crippen LogP contribution in [0.5, 0.6) is 0 Å². The van der Waals surface area contributed by atoms with E-state index in [4.69, 9.17) is 10.00 Å². The molecule has 19 heavy (non-hydrogen) atoms. The number of fused-ring (bicyclic) bond motifs is 1. The first-order valence-corrected chi connectivity index (χ1v) is 7.26. The first kappa shape index (κ1) is 14.2. The topological polar surface area (TPSA) is 62.1 Å². The minimum absolute atomic E-state index is 0.216. The molecule has 0 aromatic heterocycles. The van der Waals surface area contributed by atoms with Crippen LogP contribution in [0.2, 0.25) is 0 Å². The smallest absolute Gasteiger partial charge is 0.407 e. The number of nitrogens with zero attached hydrogens (tertiary/aromatic N) is 1. The molecule has 0 heterocycles. The molecule has 4 atom stereocenters. The molecule has 0 aliphatic heterocycles. The summed E-state index contributed by atoms with van der Waals surface area (Å²) in [6, 6.07) is 2.61. The Kier molecular flexibility index (Phi) is 4.03. The van der Waals surface area contributed by atoms with E-state index >= 15 is 0 Å². The molecule has 106 valence electrons. The van der Waals surface area contributed by atoms with E-state index in [9.17, 15) is 4.79 Å². The second-order valence-electron chi connectivity index (χ2n) is 6.97. The molecule has 0 aromatic carbocycles. The summed E-state index contributed by atoms with van der Waals surface area (Å²) in [7, 11) is 0. The zero-order valence-electron chi connectivity index (χ0n) is 12.1. The summed E-state index contributed by atoms with van der Waals surface area (Å²) in [5.74, 6) is 1.54. The summed E-state index contributed by atoms with van der Waals surface area (Å²) in [6.45, 7) is 5.62. The van der Waals surface area contributed by atoms with Crippen molar-refractivity contribution in [3.05, 3.63) is 0 Å². The number of hydrogen-bond donors (Lipinski definition) is 1. The van der Waals surface area contributed by atoms with Gasteiger partial charge in [0.25, 0.3) is 0 Å². The van der Waals surface area contributed by atoms with Crippen molar-refractivity contribution in [1.29, 1.82) is 5.26 Å². The Balaban J connectivity index is 1.82. The normalized spacial score (nSPS) is 34.2. The Bertz CT molecular complexity index is 381. The van der Waals surface area contributed by atoms with Gasteiger partial charge in [-0.3, -0.25) is 0 Å². The third kappa shape index (κ3) is 3.86. The van der Waals surface area contributed by atoms with Gasteiger partial charge in [-0.2, -0.15) is 5.26 Å². The highest BCUT2D eigenvalue weighted by atomic mass is 16.6. The number of rotatable bonds is 1. The van der Waals surface area contributed by atoms with Crippen LogP contribution in [0.4, 0.5) is 4.79 Å². The molecular formula is C15H24N2O2. The van der Waals surface area contributed by atoms with Crippen LogP contribution in [0.15, 0.2) is 0 Å². The number of ether oxygens (including phenoxy) is 1. The van der Waals surface area contributed by atoms with Crippen molar-refractivity contribution in [3.8, 4) is 6.07 Å². The van der Waals surface area contributed by atoms with E-state index in [0.29, 0.717) is 11.8 Å². The Morgan fingerprint density at radius 1 is 1.21 bits per heavy atom. The second kappa shape index (κ2) is 5.40. The van der Waals surface area contributed by atoms with Crippen LogP contribution in [-0.2, 0) is 4.74 Å². The van der Waals surface area contributed by atoms with E-state index < -0.39 is 5.60 Å². The molecule has 0 bridgehead atoms. The van der Waals surface area contributed by atoms with Gasteiger partial charge in [-0.25, -0.2) is 4.79 Å². The number of carbonyl (C=O) groups is 1. The maximum atomic E-state index is 11.8. The molecule has 2 aliphatic carbocycles. The molecule has 4 heteroatoms. The van der Waals surface area contributed by atoms with Crippen molar-refractivity contribution in [2.75, 3.05) is 0 Å². The first-order valence-electron chi connectivity index (χ1n) is 7.26. The Morgan fingerprint density at radius 2 is 1.89 bits per heavy atom. The predicted octanol–water partition coefficient (Wildman–Crippen LogP) is 3.23. The first-order chi connectivity index (χ1) is 8.87. The average molecular weight is 264 g/mol. The minimum Gasteiger partial charge on any atom is -0.444 e. The van der Waals surface area contributed by atoms with E-state index in [-0.39, 0.29) is 18.1 Å². The Hall–Kier alpha value is -1.24. The number of amides is 1. The van der Waals surface area contributed by atoms with Crippen molar-refractivity contribution < 1.29 is 9.53 Å². The van der Waals surface area contributed by atoms with Crippen molar-refractivity contribution >= 4 is 6.09 Å².